The van der Waals surface area contributed by atoms with Crippen molar-refractivity contribution in [1.29, 1.82) is 5.26 Å². The summed E-state index contributed by atoms with van der Waals surface area (Å²) >= 11 is 1.27. The summed E-state index contributed by atoms with van der Waals surface area (Å²) < 4.78 is 25.8. The van der Waals surface area contributed by atoms with Crippen molar-refractivity contribution in [2.24, 2.45) is 0 Å². The molecule has 1 aromatic carbocycles. The van der Waals surface area contributed by atoms with Crippen LogP contribution in [0.4, 0.5) is 4.39 Å². The molecule has 0 atom stereocenters. The number of halogens is 1. The number of hydrogen-bond acceptors (Lipinski definition) is 7. The van der Waals surface area contributed by atoms with Crippen LogP contribution in [-0.4, -0.2) is 27.3 Å². The van der Waals surface area contributed by atoms with Crippen molar-refractivity contribution in [3.63, 3.8) is 0 Å². The number of benzene rings is 1. The zero-order valence-electron chi connectivity index (χ0n) is 14.4. The zero-order chi connectivity index (χ0) is 19.2. The van der Waals surface area contributed by atoms with Gasteiger partial charge >= 0.3 is 5.97 Å². The number of carbonyl (C=O) groups is 1. The topological polar surface area (TPSA) is 90.0 Å². The number of thiazole rings is 1. The minimum absolute atomic E-state index is 0.00656. The van der Waals surface area contributed by atoms with E-state index in [9.17, 15) is 9.18 Å². The van der Waals surface area contributed by atoms with E-state index in [1.165, 1.54) is 34.2 Å². The highest BCUT2D eigenvalue weighted by molar-refractivity contribution is 7.11. The molecule has 0 spiro atoms. The third-order valence-electron chi connectivity index (χ3n) is 3.54. The first-order chi connectivity index (χ1) is 13.1. The smallest absolute Gasteiger partial charge is 0.327 e. The molecule has 27 heavy (non-hydrogen) atoms. The molecule has 9 heteroatoms. The standard InChI is InChI=1S/C18H15FN4O3S/c1-2-25-17(24)9-23-8-14(7-21-23)16-11-27-18(22-16)26-10-13-4-3-12(6-20)5-15(13)19/h3-5,7-8,11H,2,9-10H2,1H3. The van der Waals surface area contributed by atoms with Crippen molar-refractivity contribution < 1.29 is 18.7 Å². The highest BCUT2D eigenvalue weighted by atomic mass is 32.1. The fraction of sp³-hybridized carbons (Fsp3) is 0.222. The van der Waals surface area contributed by atoms with Gasteiger partial charge in [0.25, 0.3) is 5.19 Å². The number of rotatable bonds is 7. The van der Waals surface area contributed by atoms with Crippen LogP contribution in [0.15, 0.2) is 36.0 Å². The lowest BCUT2D eigenvalue weighted by Gasteiger charge is -2.04. The molecule has 0 aliphatic carbocycles. The maximum absolute atomic E-state index is 13.9. The average molecular weight is 386 g/mol. The molecule has 2 heterocycles. The number of ether oxygens (including phenoxy) is 2. The summed E-state index contributed by atoms with van der Waals surface area (Å²) in [6.07, 6.45) is 3.29. The van der Waals surface area contributed by atoms with Crippen LogP contribution in [0.1, 0.15) is 18.1 Å². The quantitative estimate of drug-likeness (QED) is 0.580. The number of nitriles is 1. The van der Waals surface area contributed by atoms with E-state index in [1.807, 2.05) is 6.07 Å². The van der Waals surface area contributed by atoms with Gasteiger partial charge in [0.1, 0.15) is 19.0 Å². The van der Waals surface area contributed by atoms with E-state index in [-0.39, 0.29) is 24.7 Å². The lowest BCUT2D eigenvalue weighted by atomic mass is 10.1. The van der Waals surface area contributed by atoms with Crippen LogP contribution in [0.5, 0.6) is 5.19 Å². The molecular weight excluding hydrogens is 371 g/mol. The molecule has 0 N–H and O–H groups in total. The second kappa shape index (κ2) is 8.42. The second-order valence-corrected chi connectivity index (χ2v) is 6.26. The Morgan fingerprint density at radius 1 is 1.44 bits per heavy atom. The van der Waals surface area contributed by atoms with Gasteiger partial charge in [-0.3, -0.25) is 9.48 Å². The number of esters is 1. The minimum atomic E-state index is -0.494. The SMILES string of the molecule is CCOC(=O)Cn1cc(-c2csc(OCc3ccc(C#N)cc3F)n2)cn1. The molecule has 3 rings (SSSR count). The van der Waals surface area contributed by atoms with Crippen LogP contribution in [0.3, 0.4) is 0 Å². The molecule has 0 amide bonds. The third kappa shape index (κ3) is 4.68. The first-order valence-corrected chi connectivity index (χ1v) is 8.92. The second-order valence-electron chi connectivity index (χ2n) is 5.44. The molecule has 7 nitrogen and oxygen atoms in total. The fourth-order valence-electron chi connectivity index (χ4n) is 2.25. The highest BCUT2D eigenvalue weighted by Crippen LogP contribution is 2.27. The summed E-state index contributed by atoms with van der Waals surface area (Å²) in [6.45, 7) is 2.10. The van der Waals surface area contributed by atoms with Crippen molar-refractivity contribution in [2.45, 2.75) is 20.1 Å². The molecule has 138 valence electrons. The lowest BCUT2D eigenvalue weighted by molar-refractivity contribution is -0.144. The van der Waals surface area contributed by atoms with Gasteiger partial charge in [0, 0.05) is 22.7 Å². The summed E-state index contributed by atoms with van der Waals surface area (Å²) in [7, 11) is 0. The molecule has 0 unspecified atom stereocenters. The molecule has 2 aromatic heterocycles. The molecule has 0 aliphatic heterocycles. The fourth-order valence-corrected chi connectivity index (χ4v) is 2.93. The average Bonchev–Trinajstić information content (AvgIpc) is 3.30. The highest BCUT2D eigenvalue weighted by Gasteiger charge is 2.11. The van der Waals surface area contributed by atoms with E-state index in [2.05, 4.69) is 10.1 Å². The Hall–Kier alpha value is -3.25. The molecule has 3 aromatic rings. The zero-order valence-corrected chi connectivity index (χ0v) is 15.2. The Kier molecular flexibility index (Phi) is 5.78. The van der Waals surface area contributed by atoms with Crippen molar-refractivity contribution in [1.82, 2.24) is 14.8 Å². The van der Waals surface area contributed by atoms with Gasteiger partial charge in [-0.15, -0.1) is 0 Å². The normalized spacial score (nSPS) is 10.4. The van der Waals surface area contributed by atoms with Crippen LogP contribution >= 0.6 is 11.3 Å². The molecule has 0 aliphatic rings. The number of hydrogen-bond donors (Lipinski definition) is 0. The summed E-state index contributed by atoms with van der Waals surface area (Å²) in [5.41, 5.74) is 1.97. The summed E-state index contributed by atoms with van der Waals surface area (Å²) in [5.74, 6) is -0.857. The van der Waals surface area contributed by atoms with Crippen molar-refractivity contribution >= 4 is 17.3 Å². The van der Waals surface area contributed by atoms with Crippen LogP contribution in [-0.2, 0) is 22.7 Å². The number of aromatic nitrogens is 3. The largest absolute Gasteiger partial charge is 0.465 e. The first-order valence-electron chi connectivity index (χ1n) is 8.04. The molecule has 0 fully saturated rings. The van der Waals surface area contributed by atoms with Gasteiger partial charge < -0.3 is 9.47 Å². The third-order valence-corrected chi connectivity index (χ3v) is 4.29. The van der Waals surface area contributed by atoms with Crippen LogP contribution in [0.2, 0.25) is 0 Å². The maximum atomic E-state index is 13.9. The Morgan fingerprint density at radius 2 is 2.30 bits per heavy atom. The molecule has 0 saturated carbocycles. The molecule has 0 saturated heterocycles. The van der Waals surface area contributed by atoms with E-state index >= 15 is 0 Å². The van der Waals surface area contributed by atoms with E-state index in [4.69, 9.17) is 14.7 Å². The van der Waals surface area contributed by atoms with Crippen LogP contribution in [0.25, 0.3) is 11.3 Å². The van der Waals surface area contributed by atoms with Gasteiger partial charge in [0.05, 0.1) is 30.1 Å². The van der Waals surface area contributed by atoms with Gasteiger partial charge in [0.15, 0.2) is 0 Å². The Balaban J connectivity index is 1.63. The number of carbonyl (C=O) groups excluding carboxylic acids is 1. The predicted octanol–water partition coefficient (Wildman–Crippen LogP) is 3.16. The van der Waals surface area contributed by atoms with Gasteiger partial charge in [0.2, 0.25) is 0 Å². The van der Waals surface area contributed by atoms with Gasteiger partial charge in [-0.05, 0) is 19.1 Å². The summed E-state index contributed by atoms with van der Waals surface area (Å²) in [5, 5.41) is 15.0. The molecule has 0 radical (unpaired) electrons. The van der Waals surface area contributed by atoms with Gasteiger partial charge in [-0.1, -0.05) is 17.4 Å². The maximum Gasteiger partial charge on any atom is 0.327 e. The molecule has 0 bridgehead atoms. The minimum Gasteiger partial charge on any atom is -0.465 e. The van der Waals surface area contributed by atoms with E-state index in [0.29, 0.717) is 23.1 Å². The van der Waals surface area contributed by atoms with Crippen molar-refractivity contribution in [3.05, 3.63) is 52.9 Å². The van der Waals surface area contributed by atoms with Crippen molar-refractivity contribution in [2.75, 3.05) is 6.61 Å². The summed E-state index contributed by atoms with van der Waals surface area (Å²) in [4.78, 5) is 15.8. The number of nitrogens with zero attached hydrogens (tertiary/aromatic N) is 4. The van der Waals surface area contributed by atoms with E-state index in [0.717, 1.165) is 5.56 Å². The Morgan fingerprint density at radius 3 is 3.04 bits per heavy atom. The van der Waals surface area contributed by atoms with Crippen LogP contribution in [0, 0.1) is 17.1 Å². The Bertz CT molecular complexity index is 993. The summed E-state index contributed by atoms with van der Waals surface area (Å²) in [6, 6.07) is 6.10. The van der Waals surface area contributed by atoms with E-state index in [1.54, 1.807) is 24.7 Å². The Labute approximate surface area is 158 Å². The predicted molar refractivity (Wildman–Crippen MR) is 95.4 cm³/mol. The first kappa shape index (κ1) is 18.5. The molecular formula is C18H15FN4O3S. The van der Waals surface area contributed by atoms with Crippen molar-refractivity contribution in [3.8, 4) is 22.5 Å². The van der Waals surface area contributed by atoms with Gasteiger partial charge in [-0.25, -0.2) is 9.37 Å². The lowest BCUT2D eigenvalue weighted by Crippen LogP contribution is -2.13. The van der Waals surface area contributed by atoms with Crippen LogP contribution < -0.4 is 4.74 Å². The van der Waals surface area contributed by atoms with E-state index < -0.39 is 5.82 Å². The monoisotopic (exact) mass is 386 g/mol. The van der Waals surface area contributed by atoms with Gasteiger partial charge in [-0.2, -0.15) is 10.4 Å².